The zero-order chi connectivity index (χ0) is 12.7. The summed E-state index contributed by atoms with van der Waals surface area (Å²) in [5.74, 6) is -0.793. The van der Waals surface area contributed by atoms with E-state index < -0.39 is 17.7 Å². The van der Waals surface area contributed by atoms with E-state index in [-0.39, 0.29) is 6.54 Å². The second kappa shape index (κ2) is 6.83. The number of rotatable bonds is 8. The van der Waals surface area contributed by atoms with E-state index in [0.717, 1.165) is 19.3 Å². The lowest BCUT2D eigenvalue weighted by Gasteiger charge is -2.28. The van der Waals surface area contributed by atoms with Crippen LogP contribution in [0, 0.1) is 5.92 Å². The van der Waals surface area contributed by atoms with Gasteiger partial charge in [0.15, 0.2) is 0 Å². The molecule has 1 aliphatic carbocycles. The molecule has 5 nitrogen and oxygen atoms in total. The molecule has 0 aromatic heterocycles. The van der Waals surface area contributed by atoms with Crippen LogP contribution < -0.4 is 10.6 Å². The van der Waals surface area contributed by atoms with Crippen molar-refractivity contribution in [1.82, 2.24) is 10.6 Å². The Morgan fingerprint density at radius 3 is 2.59 bits per heavy atom. The molecule has 1 aliphatic rings. The third-order valence-corrected chi connectivity index (χ3v) is 3.01. The van der Waals surface area contributed by atoms with Gasteiger partial charge in [-0.2, -0.15) is 0 Å². The minimum Gasteiger partial charge on any atom is -0.348 e. The molecular weight excluding hydrogens is 220 g/mol. The Labute approximate surface area is 101 Å². The first-order valence-corrected chi connectivity index (χ1v) is 5.81. The third kappa shape index (κ3) is 4.01. The summed E-state index contributed by atoms with van der Waals surface area (Å²) in [5, 5.41) is 4.84. The van der Waals surface area contributed by atoms with Gasteiger partial charge in [0.1, 0.15) is 0 Å². The van der Waals surface area contributed by atoms with Crippen molar-refractivity contribution in [2.45, 2.75) is 31.7 Å². The van der Waals surface area contributed by atoms with Crippen molar-refractivity contribution < 1.29 is 14.4 Å². The molecule has 1 saturated carbocycles. The van der Waals surface area contributed by atoms with Crippen molar-refractivity contribution in [3.63, 3.8) is 0 Å². The molecule has 0 bridgehead atoms. The van der Waals surface area contributed by atoms with Gasteiger partial charge in [-0.15, -0.1) is 6.58 Å². The Morgan fingerprint density at radius 1 is 1.41 bits per heavy atom. The Kier molecular flexibility index (Phi) is 5.39. The third-order valence-electron chi connectivity index (χ3n) is 3.01. The molecule has 0 saturated heterocycles. The van der Waals surface area contributed by atoms with Gasteiger partial charge in [0, 0.05) is 6.54 Å². The van der Waals surface area contributed by atoms with E-state index >= 15 is 0 Å². The lowest BCUT2D eigenvalue weighted by Crippen LogP contribution is -2.46. The molecule has 94 valence electrons. The number of hydrogen-bond donors (Lipinski definition) is 2. The SMILES string of the molecule is C=CCNC(=O)C(=O)C(CC1CCC1)NC=O. The molecule has 2 amide bonds. The molecule has 1 unspecified atom stereocenters. The molecule has 0 radical (unpaired) electrons. The zero-order valence-corrected chi connectivity index (χ0v) is 9.78. The first kappa shape index (κ1) is 13.4. The zero-order valence-electron chi connectivity index (χ0n) is 9.78. The molecule has 5 heteroatoms. The fourth-order valence-corrected chi connectivity index (χ4v) is 1.80. The van der Waals surface area contributed by atoms with Crippen molar-refractivity contribution in [3.05, 3.63) is 12.7 Å². The topological polar surface area (TPSA) is 75.3 Å². The van der Waals surface area contributed by atoms with E-state index in [1.54, 1.807) is 0 Å². The van der Waals surface area contributed by atoms with Crippen molar-refractivity contribution in [3.8, 4) is 0 Å². The largest absolute Gasteiger partial charge is 0.348 e. The standard InChI is InChI=1S/C12H18N2O3/c1-2-6-13-12(17)11(16)10(14-8-15)7-9-4-3-5-9/h2,8-10H,1,3-7H2,(H,13,17)(H,14,15). The average Bonchev–Trinajstić information content (AvgIpc) is 2.28. The molecule has 1 atom stereocenters. The van der Waals surface area contributed by atoms with Crippen molar-refractivity contribution in [2.24, 2.45) is 5.92 Å². The molecule has 0 aromatic rings. The van der Waals surface area contributed by atoms with Crippen molar-refractivity contribution in [1.29, 1.82) is 0 Å². The predicted octanol–water partition coefficient (Wildman–Crippen LogP) is 0.162. The van der Waals surface area contributed by atoms with Gasteiger partial charge in [0.2, 0.25) is 12.2 Å². The van der Waals surface area contributed by atoms with E-state index in [0.29, 0.717) is 18.7 Å². The monoisotopic (exact) mass is 238 g/mol. The van der Waals surface area contributed by atoms with Gasteiger partial charge < -0.3 is 10.6 Å². The summed E-state index contributed by atoms with van der Waals surface area (Å²) in [4.78, 5) is 33.6. The van der Waals surface area contributed by atoms with Crippen LogP contribution in [-0.2, 0) is 14.4 Å². The van der Waals surface area contributed by atoms with Crippen LogP contribution in [0.1, 0.15) is 25.7 Å². The Balaban J connectivity index is 2.48. The van der Waals surface area contributed by atoms with Crippen LogP contribution in [0.5, 0.6) is 0 Å². The molecule has 0 heterocycles. The van der Waals surface area contributed by atoms with Gasteiger partial charge >= 0.3 is 0 Å². The van der Waals surface area contributed by atoms with Gasteiger partial charge in [-0.25, -0.2) is 0 Å². The summed E-state index contributed by atoms with van der Waals surface area (Å²) in [5.41, 5.74) is 0. The minimum absolute atomic E-state index is 0.252. The second-order valence-electron chi connectivity index (χ2n) is 4.23. The highest BCUT2D eigenvalue weighted by atomic mass is 16.2. The molecular formula is C12H18N2O3. The summed E-state index contributed by atoms with van der Waals surface area (Å²) in [7, 11) is 0. The van der Waals surface area contributed by atoms with E-state index in [9.17, 15) is 14.4 Å². The summed E-state index contributed by atoms with van der Waals surface area (Å²) in [6.07, 6.45) is 5.83. The number of amides is 2. The Bertz CT molecular complexity index is 311. The molecule has 2 N–H and O–H groups in total. The normalized spacial score (nSPS) is 16.5. The van der Waals surface area contributed by atoms with Gasteiger partial charge in [-0.1, -0.05) is 25.3 Å². The quantitative estimate of drug-likeness (QED) is 0.359. The Hall–Kier alpha value is -1.65. The molecule has 17 heavy (non-hydrogen) atoms. The summed E-state index contributed by atoms with van der Waals surface area (Å²) in [6, 6.07) is -0.692. The fraction of sp³-hybridized carbons (Fsp3) is 0.583. The van der Waals surface area contributed by atoms with Crippen LogP contribution in [0.15, 0.2) is 12.7 Å². The Morgan fingerprint density at radius 2 is 2.12 bits per heavy atom. The van der Waals surface area contributed by atoms with Crippen LogP contribution >= 0.6 is 0 Å². The van der Waals surface area contributed by atoms with Crippen LogP contribution in [-0.4, -0.2) is 30.7 Å². The summed E-state index contributed by atoms with van der Waals surface area (Å²) in [6.45, 7) is 3.70. The van der Waals surface area contributed by atoms with Crippen molar-refractivity contribution in [2.75, 3.05) is 6.54 Å². The molecule has 0 aliphatic heterocycles. The molecule has 1 rings (SSSR count). The van der Waals surface area contributed by atoms with E-state index in [1.807, 2.05) is 0 Å². The number of carbonyl (C=O) groups excluding carboxylic acids is 3. The van der Waals surface area contributed by atoms with Crippen LogP contribution in [0.4, 0.5) is 0 Å². The number of hydrogen-bond acceptors (Lipinski definition) is 3. The fourth-order valence-electron chi connectivity index (χ4n) is 1.80. The van der Waals surface area contributed by atoms with E-state index in [4.69, 9.17) is 0 Å². The maximum absolute atomic E-state index is 11.7. The number of ketones is 1. The summed E-state index contributed by atoms with van der Waals surface area (Å²) >= 11 is 0. The maximum atomic E-state index is 11.7. The first-order valence-electron chi connectivity index (χ1n) is 5.81. The minimum atomic E-state index is -0.692. The predicted molar refractivity (Wildman–Crippen MR) is 63.2 cm³/mol. The van der Waals surface area contributed by atoms with Crippen LogP contribution in [0.2, 0.25) is 0 Å². The highest BCUT2D eigenvalue weighted by molar-refractivity contribution is 6.38. The van der Waals surface area contributed by atoms with Gasteiger partial charge in [0.05, 0.1) is 6.04 Å². The lowest BCUT2D eigenvalue weighted by molar-refractivity contribution is -0.139. The molecule has 1 fully saturated rings. The lowest BCUT2D eigenvalue weighted by atomic mass is 9.80. The van der Waals surface area contributed by atoms with Gasteiger partial charge in [-0.3, -0.25) is 14.4 Å². The average molecular weight is 238 g/mol. The summed E-state index contributed by atoms with van der Waals surface area (Å²) < 4.78 is 0. The number of nitrogens with one attached hydrogen (secondary N) is 2. The van der Waals surface area contributed by atoms with E-state index in [2.05, 4.69) is 17.2 Å². The number of Topliss-reactive ketones (excluding diaryl/α,β-unsaturated/α-hetero) is 1. The molecule has 0 spiro atoms. The number of carbonyl (C=O) groups is 3. The van der Waals surface area contributed by atoms with Gasteiger partial charge in [0.25, 0.3) is 5.91 Å². The smallest absolute Gasteiger partial charge is 0.289 e. The maximum Gasteiger partial charge on any atom is 0.289 e. The van der Waals surface area contributed by atoms with E-state index in [1.165, 1.54) is 6.08 Å². The van der Waals surface area contributed by atoms with Crippen LogP contribution in [0.25, 0.3) is 0 Å². The second-order valence-corrected chi connectivity index (χ2v) is 4.23. The molecule has 0 aromatic carbocycles. The first-order chi connectivity index (χ1) is 8.19. The van der Waals surface area contributed by atoms with Crippen molar-refractivity contribution >= 4 is 18.1 Å². The van der Waals surface area contributed by atoms with Gasteiger partial charge in [-0.05, 0) is 12.3 Å². The van der Waals surface area contributed by atoms with Crippen LogP contribution in [0.3, 0.4) is 0 Å². The highest BCUT2D eigenvalue weighted by Crippen LogP contribution is 2.30. The highest BCUT2D eigenvalue weighted by Gasteiger charge is 2.29.